The van der Waals surface area contributed by atoms with E-state index in [1.807, 2.05) is 26.1 Å². The molecule has 2 rings (SSSR count). The molecule has 0 saturated carbocycles. The largest absolute Gasteiger partial charge is 0.493 e. The maximum absolute atomic E-state index is 12.3. The Morgan fingerprint density at radius 1 is 1.29 bits per heavy atom. The van der Waals surface area contributed by atoms with Crippen LogP contribution in [0.3, 0.4) is 0 Å². The van der Waals surface area contributed by atoms with Crippen LogP contribution in [0.4, 0.5) is 0 Å². The molecule has 0 spiro atoms. The molecule has 1 atom stereocenters. The van der Waals surface area contributed by atoms with Crippen molar-refractivity contribution in [2.75, 3.05) is 34.4 Å². The first-order chi connectivity index (χ1) is 11.0. The zero-order valence-corrected chi connectivity index (χ0v) is 15.9. The zero-order valence-electron chi connectivity index (χ0n) is 15.1. The fraction of sp³-hybridized carbons (Fsp3) is 0.611. The van der Waals surface area contributed by atoms with E-state index >= 15 is 0 Å². The molecule has 1 amide bonds. The van der Waals surface area contributed by atoms with Crippen LogP contribution in [-0.2, 0) is 11.3 Å². The number of halogens is 1. The third kappa shape index (κ3) is 5.28. The predicted molar refractivity (Wildman–Crippen MR) is 98.2 cm³/mol. The summed E-state index contributed by atoms with van der Waals surface area (Å²) in [4.78, 5) is 14.1. The summed E-state index contributed by atoms with van der Waals surface area (Å²) < 4.78 is 10.7. The zero-order chi connectivity index (χ0) is 16.8. The minimum absolute atomic E-state index is 0. The van der Waals surface area contributed by atoms with Gasteiger partial charge in [0.05, 0.1) is 14.2 Å². The molecule has 1 heterocycles. The Hall–Kier alpha value is -1.46. The maximum atomic E-state index is 12.3. The SMILES string of the molecule is COc1cc(C)c(CN(C)C(=O)CCC2CCNC2)cc1OC.Cl. The molecular formula is C18H29ClN2O3. The lowest BCUT2D eigenvalue weighted by atomic mass is 10.0. The van der Waals surface area contributed by atoms with Gasteiger partial charge in [0, 0.05) is 20.0 Å². The number of carbonyl (C=O) groups is 1. The lowest BCUT2D eigenvalue weighted by Gasteiger charge is -2.20. The first-order valence-electron chi connectivity index (χ1n) is 8.21. The van der Waals surface area contributed by atoms with Gasteiger partial charge in [0.25, 0.3) is 0 Å². The summed E-state index contributed by atoms with van der Waals surface area (Å²) in [5.41, 5.74) is 2.18. The second kappa shape index (κ2) is 9.74. The fourth-order valence-electron chi connectivity index (χ4n) is 3.02. The maximum Gasteiger partial charge on any atom is 0.222 e. The number of ether oxygens (including phenoxy) is 2. The van der Waals surface area contributed by atoms with Gasteiger partial charge in [-0.05, 0) is 62.0 Å². The van der Waals surface area contributed by atoms with Crippen molar-refractivity contribution >= 4 is 18.3 Å². The van der Waals surface area contributed by atoms with Crippen molar-refractivity contribution in [2.45, 2.75) is 32.7 Å². The monoisotopic (exact) mass is 356 g/mol. The van der Waals surface area contributed by atoms with E-state index < -0.39 is 0 Å². The lowest BCUT2D eigenvalue weighted by molar-refractivity contribution is -0.130. The summed E-state index contributed by atoms with van der Waals surface area (Å²) in [6.07, 6.45) is 2.78. The summed E-state index contributed by atoms with van der Waals surface area (Å²) in [5, 5.41) is 3.35. The first kappa shape index (κ1) is 20.6. The second-order valence-corrected chi connectivity index (χ2v) is 6.28. The highest BCUT2D eigenvalue weighted by Gasteiger charge is 2.18. The van der Waals surface area contributed by atoms with Gasteiger partial charge in [-0.15, -0.1) is 12.4 Å². The third-order valence-electron chi connectivity index (χ3n) is 4.60. The Kier molecular flexibility index (Phi) is 8.36. The molecule has 1 unspecified atom stereocenters. The molecule has 6 heteroatoms. The molecule has 0 aliphatic carbocycles. The third-order valence-corrected chi connectivity index (χ3v) is 4.60. The van der Waals surface area contributed by atoms with Gasteiger partial charge in [0.1, 0.15) is 0 Å². The molecule has 0 aromatic heterocycles. The van der Waals surface area contributed by atoms with Crippen molar-refractivity contribution in [1.82, 2.24) is 10.2 Å². The van der Waals surface area contributed by atoms with Gasteiger partial charge in [-0.3, -0.25) is 4.79 Å². The number of nitrogens with zero attached hydrogens (tertiary/aromatic N) is 1. The van der Waals surface area contributed by atoms with Gasteiger partial charge in [0.2, 0.25) is 5.91 Å². The summed E-state index contributed by atoms with van der Waals surface area (Å²) >= 11 is 0. The van der Waals surface area contributed by atoms with Crippen molar-refractivity contribution in [3.8, 4) is 11.5 Å². The van der Waals surface area contributed by atoms with E-state index in [1.165, 1.54) is 6.42 Å². The van der Waals surface area contributed by atoms with Gasteiger partial charge in [-0.1, -0.05) is 0 Å². The first-order valence-corrected chi connectivity index (χ1v) is 8.21. The van der Waals surface area contributed by atoms with Gasteiger partial charge in [-0.2, -0.15) is 0 Å². The van der Waals surface area contributed by atoms with E-state index in [2.05, 4.69) is 5.32 Å². The number of hydrogen-bond donors (Lipinski definition) is 1. The lowest BCUT2D eigenvalue weighted by Crippen LogP contribution is -2.27. The average molecular weight is 357 g/mol. The van der Waals surface area contributed by atoms with Crippen molar-refractivity contribution in [3.05, 3.63) is 23.3 Å². The van der Waals surface area contributed by atoms with E-state index in [0.717, 1.165) is 36.4 Å². The van der Waals surface area contributed by atoms with Crippen LogP contribution in [0, 0.1) is 12.8 Å². The van der Waals surface area contributed by atoms with Crippen LogP contribution < -0.4 is 14.8 Å². The van der Waals surface area contributed by atoms with Crippen LogP contribution in [0.15, 0.2) is 12.1 Å². The predicted octanol–water partition coefficient (Wildman–Crippen LogP) is 2.78. The molecule has 1 aliphatic heterocycles. The Morgan fingerprint density at radius 2 is 1.96 bits per heavy atom. The molecular weight excluding hydrogens is 328 g/mol. The van der Waals surface area contributed by atoms with E-state index in [9.17, 15) is 4.79 Å². The molecule has 5 nitrogen and oxygen atoms in total. The Balaban J connectivity index is 0.00000288. The Bertz CT molecular complexity index is 545. The van der Waals surface area contributed by atoms with Gasteiger partial charge in [-0.25, -0.2) is 0 Å². The minimum atomic E-state index is 0. The van der Waals surface area contributed by atoms with Crippen LogP contribution in [0.1, 0.15) is 30.4 Å². The van der Waals surface area contributed by atoms with Crippen LogP contribution in [0.2, 0.25) is 0 Å². The van der Waals surface area contributed by atoms with Crippen molar-refractivity contribution in [3.63, 3.8) is 0 Å². The summed E-state index contributed by atoms with van der Waals surface area (Å²) in [6.45, 7) is 4.75. The molecule has 0 bridgehead atoms. The Morgan fingerprint density at radius 3 is 2.54 bits per heavy atom. The van der Waals surface area contributed by atoms with E-state index in [-0.39, 0.29) is 18.3 Å². The van der Waals surface area contributed by atoms with E-state index in [4.69, 9.17) is 9.47 Å². The molecule has 1 saturated heterocycles. The van der Waals surface area contributed by atoms with Crippen molar-refractivity contribution in [2.24, 2.45) is 5.92 Å². The number of benzene rings is 1. The Labute approximate surface area is 151 Å². The summed E-state index contributed by atoms with van der Waals surface area (Å²) in [7, 11) is 5.12. The van der Waals surface area contributed by atoms with Gasteiger partial charge >= 0.3 is 0 Å². The average Bonchev–Trinajstić information content (AvgIpc) is 3.07. The standard InChI is InChI=1S/C18H28N2O3.ClH/c1-13-9-16(22-3)17(23-4)10-15(13)12-20(2)18(21)6-5-14-7-8-19-11-14;/h9-10,14,19H,5-8,11-12H2,1-4H3;1H. The molecule has 1 fully saturated rings. The number of hydrogen-bond acceptors (Lipinski definition) is 4. The van der Waals surface area contributed by atoms with Crippen molar-refractivity contribution < 1.29 is 14.3 Å². The second-order valence-electron chi connectivity index (χ2n) is 6.28. The number of amides is 1. The number of carbonyl (C=O) groups excluding carboxylic acids is 1. The highest BCUT2D eigenvalue weighted by Crippen LogP contribution is 2.30. The van der Waals surface area contributed by atoms with Crippen LogP contribution in [0.25, 0.3) is 0 Å². The molecule has 1 aromatic carbocycles. The van der Waals surface area contributed by atoms with Crippen LogP contribution >= 0.6 is 12.4 Å². The number of methoxy groups -OCH3 is 2. The molecule has 1 aromatic rings. The number of rotatable bonds is 7. The van der Waals surface area contributed by atoms with Gasteiger partial charge in [0.15, 0.2) is 11.5 Å². The molecule has 1 aliphatic rings. The number of nitrogens with one attached hydrogen (secondary N) is 1. The topological polar surface area (TPSA) is 50.8 Å². The normalized spacial score (nSPS) is 16.4. The van der Waals surface area contributed by atoms with E-state index in [1.54, 1.807) is 19.1 Å². The van der Waals surface area contributed by atoms with E-state index in [0.29, 0.717) is 24.6 Å². The quantitative estimate of drug-likeness (QED) is 0.816. The highest BCUT2D eigenvalue weighted by atomic mass is 35.5. The highest BCUT2D eigenvalue weighted by molar-refractivity contribution is 5.85. The van der Waals surface area contributed by atoms with Crippen LogP contribution in [0.5, 0.6) is 11.5 Å². The molecule has 0 radical (unpaired) electrons. The molecule has 24 heavy (non-hydrogen) atoms. The van der Waals surface area contributed by atoms with Gasteiger partial charge < -0.3 is 19.7 Å². The fourth-order valence-corrected chi connectivity index (χ4v) is 3.02. The summed E-state index contributed by atoms with van der Waals surface area (Å²) in [6, 6.07) is 3.91. The van der Waals surface area contributed by atoms with Crippen molar-refractivity contribution in [1.29, 1.82) is 0 Å². The smallest absolute Gasteiger partial charge is 0.222 e. The molecule has 136 valence electrons. The number of aryl methyl sites for hydroxylation is 1. The molecule has 1 N–H and O–H groups in total. The van der Waals surface area contributed by atoms with Crippen LogP contribution in [-0.4, -0.2) is 45.2 Å². The minimum Gasteiger partial charge on any atom is -0.493 e. The summed E-state index contributed by atoms with van der Waals surface area (Å²) in [5.74, 6) is 2.27.